The molecule has 2 aromatic heterocycles. The number of amides is 4. The molecule has 0 saturated carbocycles. The highest BCUT2D eigenvalue weighted by atomic mass is 35.5. The number of fused-ring (bicyclic) bond motifs is 2. The van der Waals surface area contributed by atoms with Crippen molar-refractivity contribution in [2.75, 3.05) is 39.0 Å². The van der Waals surface area contributed by atoms with Crippen molar-refractivity contribution in [1.29, 1.82) is 0 Å². The number of aromatic amines is 1. The number of aryl methyl sites for hydroxylation is 1. The molecule has 0 radical (unpaired) electrons. The van der Waals surface area contributed by atoms with Crippen molar-refractivity contribution < 1.29 is 19.1 Å². The number of carbonyl (C=O) groups excluding carboxylic acids is 3. The number of benzene rings is 2. The summed E-state index contributed by atoms with van der Waals surface area (Å²) in [6, 6.07) is 14.9. The lowest BCUT2D eigenvalue weighted by Crippen LogP contribution is -2.50. The quantitative estimate of drug-likeness (QED) is 0.268. The normalized spacial score (nSPS) is 16.1. The highest BCUT2D eigenvalue weighted by Gasteiger charge is 2.33. The van der Waals surface area contributed by atoms with Gasteiger partial charge in [0.25, 0.3) is 5.91 Å². The average Bonchev–Trinajstić information content (AvgIpc) is 3.43. The van der Waals surface area contributed by atoms with Crippen LogP contribution in [0.15, 0.2) is 54.7 Å². The molecule has 1 saturated heterocycles. The molecule has 12 heteroatoms. The number of halogens is 1. The number of para-hydroxylation sites is 1. The molecule has 0 bridgehead atoms. The lowest BCUT2D eigenvalue weighted by Gasteiger charge is -2.37. The molecular weight excluding hydrogens is 594 g/mol. The Labute approximate surface area is 266 Å². The molecular formula is C33H36ClN7O4. The number of H-pyrrole nitrogens is 1. The number of hydrogen-bond acceptors (Lipinski definition) is 6. The minimum atomic E-state index is -0.804. The second kappa shape index (κ2) is 12.8. The second-order valence-corrected chi connectivity index (χ2v) is 12.3. The molecule has 234 valence electrons. The Hall–Kier alpha value is -4.64. The largest absolute Gasteiger partial charge is 0.439 e. The Balaban J connectivity index is 1.19. The number of nitrogens with one attached hydrogen (secondary N) is 2. The van der Waals surface area contributed by atoms with Crippen LogP contribution in [0.2, 0.25) is 5.15 Å². The fourth-order valence-electron chi connectivity index (χ4n) is 6.21. The number of hydrogen-bond donors (Lipinski definition) is 2. The first kappa shape index (κ1) is 30.4. The van der Waals surface area contributed by atoms with Gasteiger partial charge >= 0.3 is 12.1 Å². The first-order valence-electron chi connectivity index (χ1n) is 15.1. The molecule has 1 atom stereocenters. The van der Waals surface area contributed by atoms with Gasteiger partial charge < -0.3 is 24.8 Å². The molecule has 4 aromatic rings. The lowest BCUT2D eigenvalue weighted by atomic mass is 10.00. The Kier molecular flexibility index (Phi) is 8.62. The summed E-state index contributed by atoms with van der Waals surface area (Å²) < 4.78 is 6.15. The van der Waals surface area contributed by atoms with E-state index in [-0.39, 0.29) is 23.1 Å². The van der Waals surface area contributed by atoms with Crippen LogP contribution in [0.3, 0.4) is 0 Å². The Morgan fingerprint density at radius 3 is 2.67 bits per heavy atom. The Morgan fingerprint density at radius 1 is 1.11 bits per heavy atom. The SMILES string of the molecule is Cc1cc(CC(OC(=O)N2CCC(N3CCc4ccccc4NC3=O)CC2)c2cc(C(=O)N(C)C)cc(Cl)n2)cc2cn[nH]c12. The summed E-state index contributed by atoms with van der Waals surface area (Å²) in [6.07, 6.45) is 2.84. The molecule has 1 fully saturated rings. The van der Waals surface area contributed by atoms with Crippen molar-refractivity contribution in [3.63, 3.8) is 0 Å². The molecule has 45 heavy (non-hydrogen) atoms. The monoisotopic (exact) mass is 629 g/mol. The van der Waals surface area contributed by atoms with Crippen LogP contribution in [0.5, 0.6) is 0 Å². The van der Waals surface area contributed by atoms with Gasteiger partial charge in [0.05, 0.1) is 17.4 Å². The van der Waals surface area contributed by atoms with E-state index in [9.17, 15) is 14.4 Å². The number of urea groups is 1. The predicted molar refractivity (Wildman–Crippen MR) is 171 cm³/mol. The number of anilines is 1. The van der Waals surface area contributed by atoms with Crippen LogP contribution < -0.4 is 5.32 Å². The number of rotatable bonds is 6. The maximum Gasteiger partial charge on any atom is 0.410 e. The van der Waals surface area contributed by atoms with Crippen LogP contribution in [0.4, 0.5) is 15.3 Å². The number of ether oxygens (including phenoxy) is 1. The molecule has 4 amide bonds. The van der Waals surface area contributed by atoms with E-state index < -0.39 is 12.2 Å². The van der Waals surface area contributed by atoms with Crippen molar-refractivity contribution in [3.8, 4) is 0 Å². The predicted octanol–water partition coefficient (Wildman–Crippen LogP) is 5.60. The summed E-state index contributed by atoms with van der Waals surface area (Å²) in [5.74, 6) is -0.232. The third kappa shape index (κ3) is 6.58. The van der Waals surface area contributed by atoms with E-state index in [1.54, 1.807) is 31.3 Å². The summed E-state index contributed by atoms with van der Waals surface area (Å²) in [5, 5.41) is 11.3. The third-order valence-corrected chi connectivity index (χ3v) is 8.77. The fourth-order valence-corrected chi connectivity index (χ4v) is 6.42. The number of pyridine rings is 1. The molecule has 6 rings (SSSR count). The summed E-state index contributed by atoms with van der Waals surface area (Å²) in [5.41, 5.74) is 5.59. The van der Waals surface area contributed by atoms with Gasteiger partial charge in [-0.2, -0.15) is 5.10 Å². The maximum absolute atomic E-state index is 13.6. The Bertz CT molecular complexity index is 1750. The topological polar surface area (TPSA) is 124 Å². The molecule has 0 aliphatic carbocycles. The van der Waals surface area contributed by atoms with Gasteiger partial charge in [0.2, 0.25) is 0 Å². The van der Waals surface area contributed by atoms with Crippen LogP contribution in [0.1, 0.15) is 51.7 Å². The van der Waals surface area contributed by atoms with Gasteiger partial charge in [-0.1, -0.05) is 35.9 Å². The number of carbonyl (C=O) groups is 3. The number of nitrogens with zero attached hydrogens (tertiary/aromatic N) is 5. The minimum Gasteiger partial charge on any atom is -0.439 e. The molecule has 0 spiro atoms. The van der Waals surface area contributed by atoms with Crippen LogP contribution in [0.25, 0.3) is 10.9 Å². The van der Waals surface area contributed by atoms with Crippen LogP contribution >= 0.6 is 11.6 Å². The van der Waals surface area contributed by atoms with Crippen LogP contribution in [0, 0.1) is 6.92 Å². The number of piperidine rings is 1. The van der Waals surface area contributed by atoms with Crippen molar-refractivity contribution in [2.45, 2.75) is 44.8 Å². The second-order valence-electron chi connectivity index (χ2n) is 11.9. The lowest BCUT2D eigenvalue weighted by molar-refractivity contribution is 0.0472. The zero-order chi connectivity index (χ0) is 31.7. The zero-order valence-corrected chi connectivity index (χ0v) is 26.3. The molecule has 4 heterocycles. The van der Waals surface area contributed by atoms with Crippen molar-refractivity contribution >= 4 is 46.2 Å². The van der Waals surface area contributed by atoms with Gasteiger partial charge in [-0.25, -0.2) is 14.6 Å². The van der Waals surface area contributed by atoms with Gasteiger partial charge in [0.15, 0.2) is 0 Å². The standard InChI is InChI=1S/C33H36ClN7O4/c1-20-14-21(15-24-19-35-38-30(20)24)16-28(27-17-23(18-29(34)36-27)31(42)39(2)3)45-33(44)40-11-9-25(10-12-40)41-13-8-22-6-4-5-7-26(22)37-32(41)43/h4-7,14-15,17-19,25,28H,8-13,16H2,1-3H3,(H,35,38)(H,37,43). The minimum absolute atomic E-state index is 0.0121. The van der Waals surface area contributed by atoms with Crippen LogP contribution in [-0.4, -0.2) is 87.7 Å². The molecule has 2 aliphatic rings. The first-order valence-corrected chi connectivity index (χ1v) is 15.5. The van der Waals surface area contributed by atoms with E-state index in [0.29, 0.717) is 50.2 Å². The molecule has 2 N–H and O–H groups in total. The number of likely N-dealkylation sites (tertiary alicyclic amines) is 1. The third-order valence-electron chi connectivity index (χ3n) is 8.57. The van der Waals surface area contributed by atoms with Crippen molar-refractivity contribution in [3.05, 3.63) is 87.8 Å². The first-order chi connectivity index (χ1) is 21.7. The molecule has 2 aliphatic heterocycles. The van der Waals surface area contributed by atoms with E-state index in [4.69, 9.17) is 16.3 Å². The van der Waals surface area contributed by atoms with Crippen molar-refractivity contribution in [2.24, 2.45) is 0 Å². The summed E-state index contributed by atoms with van der Waals surface area (Å²) in [7, 11) is 3.32. The van der Waals surface area contributed by atoms with E-state index in [0.717, 1.165) is 39.7 Å². The molecule has 11 nitrogen and oxygen atoms in total. The number of aromatic nitrogens is 3. The zero-order valence-electron chi connectivity index (χ0n) is 25.5. The van der Waals surface area contributed by atoms with E-state index in [1.807, 2.05) is 48.2 Å². The summed E-state index contributed by atoms with van der Waals surface area (Å²) >= 11 is 6.38. The van der Waals surface area contributed by atoms with Gasteiger partial charge in [0, 0.05) is 62.8 Å². The highest BCUT2D eigenvalue weighted by Crippen LogP contribution is 2.29. The molecule has 1 unspecified atom stereocenters. The van der Waals surface area contributed by atoms with E-state index in [1.165, 1.54) is 11.0 Å². The summed E-state index contributed by atoms with van der Waals surface area (Å²) in [4.78, 5) is 49.0. The molecule has 2 aromatic carbocycles. The average molecular weight is 630 g/mol. The fraction of sp³-hybridized carbons (Fsp3) is 0.364. The van der Waals surface area contributed by atoms with Gasteiger partial charge in [-0.15, -0.1) is 0 Å². The van der Waals surface area contributed by atoms with Crippen LogP contribution in [-0.2, 0) is 17.6 Å². The van der Waals surface area contributed by atoms with E-state index in [2.05, 4.69) is 20.5 Å². The van der Waals surface area contributed by atoms with E-state index >= 15 is 0 Å². The maximum atomic E-state index is 13.6. The van der Waals surface area contributed by atoms with Gasteiger partial charge in [-0.3, -0.25) is 9.89 Å². The Morgan fingerprint density at radius 2 is 1.89 bits per heavy atom. The highest BCUT2D eigenvalue weighted by molar-refractivity contribution is 6.29. The van der Waals surface area contributed by atoms with Gasteiger partial charge in [-0.05, 0) is 67.1 Å². The van der Waals surface area contributed by atoms with Gasteiger partial charge in [0.1, 0.15) is 11.3 Å². The smallest absolute Gasteiger partial charge is 0.410 e. The van der Waals surface area contributed by atoms with Crippen molar-refractivity contribution in [1.82, 2.24) is 29.9 Å². The summed E-state index contributed by atoms with van der Waals surface area (Å²) in [6.45, 7) is 3.50.